The van der Waals surface area contributed by atoms with Crippen LogP contribution in [-0.4, -0.2) is 34.6 Å². The standard InChI is InChI=1S/C14H12Cl2F3NO3/c15-9-3-8(4-10(16)5-9)11(12(21)22)20(6-7-1-2-7)13(23)14(17,18)19/h3-5,7,11H,1-2,6H2,(H,21,22). The van der Waals surface area contributed by atoms with Crippen LogP contribution in [0.1, 0.15) is 24.4 Å². The maximum absolute atomic E-state index is 12.8. The van der Waals surface area contributed by atoms with E-state index in [9.17, 15) is 27.9 Å². The Kier molecular flexibility index (Phi) is 5.10. The molecule has 0 aromatic heterocycles. The molecule has 0 aliphatic heterocycles. The summed E-state index contributed by atoms with van der Waals surface area (Å²) in [6.45, 7) is -0.278. The van der Waals surface area contributed by atoms with Gasteiger partial charge in [0.1, 0.15) is 0 Å². The van der Waals surface area contributed by atoms with Crippen LogP contribution in [0.3, 0.4) is 0 Å². The zero-order chi connectivity index (χ0) is 17.4. The quantitative estimate of drug-likeness (QED) is 0.855. The molecule has 1 fully saturated rings. The third kappa shape index (κ3) is 4.51. The second-order valence-electron chi connectivity index (χ2n) is 5.34. The van der Waals surface area contributed by atoms with Gasteiger partial charge < -0.3 is 10.0 Å². The van der Waals surface area contributed by atoms with Crippen molar-refractivity contribution in [2.24, 2.45) is 5.92 Å². The highest BCUT2D eigenvalue weighted by atomic mass is 35.5. The zero-order valence-corrected chi connectivity index (χ0v) is 13.1. The van der Waals surface area contributed by atoms with Gasteiger partial charge in [-0.2, -0.15) is 13.2 Å². The number of nitrogens with zero attached hydrogens (tertiary/aromatic N) is 1. The molecular formula is C14H12Cl2F3NO3. The molecule has 4 nitrogen and oxygen atoms in total. The van der Waals surface area contributed by atoms with Crippen LogP contribution in [-0.2, 0) is 9.59 Å². The van der Waals surface area contributed by atoms with Gasteiger partial charge in [0, 0.05) is 16.6 Å². The maximum atomic E-state index is 12.8. The van der Waals surface area contributed by atoms with Crippen molar-refractivity contribution in [3.8, 4) is 0 Å². The molecule has 1 aliphatic carbocycles. The van der Waals surface area contributed by atoms with E-state index in [0.717, 1.165) is 0 Å². The van der Waals surface area contributed by atoms with Crippen molar-refractivity contribution in [3.63, 3.8) is 0 Å². The van der Waals surface area contributed by atoms with E-state index in [1.54, 1.807) is 0 Å². The number of aliphatic carboxylic acids is 1. The fourth-order valence-corrected chi connectivity index (χ4v) is 2.78. The summed E-state index contributed by atoms with van der Waals surface area (Å²) in [6, 6.07) is 1.90. The molecule has 9 heteroatoms. The van der Waals surface area contributed by atoms with E-state index in [0.29, 0.717) is 17.7 Å². The largest absolute Gasteiger partial charge is 0.479 e. The lowest BCUT2D eigenvalue weighted by Crippen LogP contribution is -2.46. The molecule has 23 heavy (non-hydrogen) atoms. The van der Waals surface area contributed by atoms with Crippen molar-refractivity contribution < 1.29 is 27.9 Å². The summed E-state index contributed by atoms with van der Waals surface area (Å²) >= 11 is 11.6. The van der Waals surface area contributed by atoms with Crippen LogP contribution in [0.4, 0.5) is 13.2 Å². The van der Waals surface area contributed by atoms with E-state index in [4.69, 9.17) is 23.2 Å². The lowest BCUT2D eigenvalue weighted by molar-refractivity contribution is -0.190. The molecule has 0 heterocycles. The van der Waals surface area contributed by atoms with Crippen LogP contribution < -0.4 is 0 Å². The second kappa shape index (κ2) is 6.57. The minimum Gasteiger partial charge on any atom is -0.479 e. The first-order valence-corrected chi connectivity index (χ1v) is 7.41. The Hall–Kier alpha value is -1.47. The number of hydrogen-bond acceptors (Lipinski definition) is 2. The van der Waals surface area contributed by atoms with Crippen LogP contribution in [0.5, 0.6) is 0 Å². The molecule has 0 bridgehead atoms. The minimum atomic E-state index is -5.16. The Morgan fingerprint density at radius 3 is 2.13 bits per heavy atom. The number of amides is 1. The van der Waals surface area contributed by atoms with Gasteiger partial charge in [-0.15, -0.1) is 0 Å². The molecule has 1 amide bonds. The molecule has 1 saturated carbocycles. The van der Waals surface area contributed by atoms with Crippen molar-refractivity contribution in [2.75, 3.05) is 6.54 Å². The van der Waals surface area contributed by atoms with Gasteiger partial charge in [-0.1, -0.05) is 23.2 Å². The van der Waals surface area contributed by atoms with Crippen LogP contribution in [0.15, 0.2) is 18.2 Å². The summed E-state index contributed by atoms with van der Waals surface area (Å²) in [5.74, 6) is -3.90. The second-order valence-corrected chi connectivity index (χ2v) is 6.22. The summed E-state index contributed by atoms with van der Waals surface area (Å²) in [7, 11) is 0. The van der Waals surface area contributed by atoms with Gasteiger partial charge in [0.25, 0.3) is 0 Å². The van der Waals surface area contributed by atoms with Gasteiger partial charge in [0.2, 0.25) is 0 Å². The third-order valence-electron chi connectivity index (χ3n) is 3.40. The first-order valence-electron chi connectivity index (χ1n) is 6.66. The van der Waals surface area contributed by atoms with Crippen LogP contribution >= 0.6 is 23.2 Å². The van der Waals surface area contributed by atoms with E-state index in [-0.39, 0.29) is 28.1 Å². The fraction of sp³-hybridized carbons (Fsp3) is 0.429. The van der Waals surface area contributed by atoms with E-state index in [1.807, 2.05) is 0 Å². The van der Waals surface area contributed by atoms with Crippen molar-refractivity contribution in [1.29, 1.82) is 0 Å². The summed E-state index contributed by atoms with van der Waals surface area (Å²) in [5, 5.41) is 9.53. The smallest absolute Gasteiger partial charge is 0.471 e. The normalized spacial score (nSPS) is 16.0. The number of carbonyl (C=O) groups excluding carboxylic acids is 1. The lowest BCUT2D eigenvalue weighted by atomic mass is 10.0. The molecule has 1 aromatic rings. The predicted molar refractivity (Wildman–Crippen MR) is 77.3 cm³/mol. The summed E-state index contributed by atoms with van der Waals surface area (Å²) in [4.78, 5) is 23.6. The molecule has 2 rings (SSSR count). The highest BCUT2D eigenvalue weighted by Gasteiger charge is 2.48. The number of carbonyl (C=O) groups is 2. The first kappa shape index (κ1) is 17.9. The number of benzene rings is 1. The molecule has 0 saturated heterocycles. The van der Waals surface area contributed by atoms with Gasteiger partial charge >= 0.3 is 18.1 Å². The van der Waals surface area contributed by atoms with Crippen molar-refractivity contribution in [1.82, 2.24) is 4.90 Å². The van der Waals surface area contributed by atoms with E-state index < -0.39 is 24.1 Å². The zero-order valence-electron chi connectivity index (χ0n) is 11.6. The monoisotopic (exact) mass is 369 g/mol. The van der Waals surface area contributed by atoms with Gasteiger partial charge in [0.05, 0.1) is 0 Å². The molecule has 1 aliphatic rings. The van der Waals surface area contributed by atoms with Crippen molar-refractivity contribution in [2.45, 2.75) is 25.1 Å². The molecule has 1 aromatic carbocycles. The fourth-order valence-electron chi connectivity index (χ4n) is 2.24. The highest BCUT2D eigenvalue weighted by Crippen LogP contribution is 2.36. The molecule has 0 radical (unpaired) electrons. The topological polar surface area (TPSA) is 57.6 Å². The van der Waals surface area contributed by atoms with Crippen LogP contribution in [0.25, 0.3) is 0 Å². The van der Waals surface area contributed by atoms with Crippen molar-refractivity contribution in [3.05, 3.63) is 33.8 Å². The number of carboxylic acid groups (broad SMARTS) is 1. The Balaban J connectivity index is 2.45. The predicted octanol–water partition coefficient (Wildman–Crippen LogP) is 3.92. The minimum absolute atomic E-state index is 0.0737. The number of rotatable bonds is 5. The van der Waals surface area contributed by atoms with Gasteiger partial charge in [0.15, 0.2) is 6.04 Å². The molecule has 1 N–H and O–H groups in total. The van der Waals surface area contributed by atoms with Gasteiger partial charge in [-0.3, -0.25) is 4.79 Å². The van der Waals surface area contributed by atoms with Gasteiger partial charge in [-0.25, -0.2) is 4.79 Å². The number of alkyl halides is 3. The molecule has 1 atom stereocenters. The summed E-state index contributed by atoms with van der Waals surface area (Å²) < 4.78 is 38.5. The number of carboxylic acids is 1. The molecule has 0 spiro atoms. The summed E-state index contributed by atoms with van der Waals surface area (Å²) in [5.41, 5.74) is -0.0757. The SMILES string of the molecule is O=C(O)C(c1cc(Cl)cc(Cl)c1)N(CC1CC1)C(=O)C(F)(F)F. The molecule has 126 valence electrons. The maximum Gasteiger partial charge on any atom is 0.471 e. The van der Waals surface area contributed by atoms with Crippen LogP contribution in [0.2, 0.25) is 10.0 Å². The number of halogens is 5. The highest BCUT2D eigenvalue weighted by molar-refractivity contribution is 6.34. The molecular weight excluding hydrogens is 358 g/mol. The van der Waals surface area contributed by atoms with Gasteiger partial charge in [-0.05, 0) is 42.5 Å². The average molecular weight is 370 g/mol. The molecule has 1 unspecified atom stereocenters. The first-order chi connectivity index (χ1) is 10.6. The van der Waals surface area contributed by atoms with E-state index >= 15 is 0 Å². The van der Waals surface area contributed by atoms with Crippen LogP contribution in [0, 0.1) is 5.92 Å². The summed E-state index contributed by atoms with van der Waals surface area (Å²) in [6.07, 6.45) is -3.85. The van der Waals surface area contributed by atoms with E-state index in [1.165, 1.54) is 18.2 Å². The Labute approximate surface area is 139 Å². The number of hydrogen-bond donors (Lipinski definition) is 1. The lowest BCUT2D eigenvalue weighted by Gasteiger charge is -2.30. The average Bonchev–Trinajstić information content (AvgIpc) is 3.18. The third-order valence-corrected chi connectivity index (χ3v) is 3.84. The Bertz CT molecular complexity index is 612. The van der Waals surface area contributed by atoms with E-state index in [2.05, 4.69) is 0 Å². The Morgan fingerprint density at radius 1 is 1.22 bits per heavy atom. The van der Waals surface area contributed by atoms with Crippen molar-refractivity contribution >= 4 is 35.1 Å². The Morgan fingerprint density at radius 2 is 1.74 bits per heavy atom.